The van der Waals surface area contributed by atoms with Crippen molar-refractivity contribution in [3.63, 3.8) is 0 Å². The van der Waals surface area contributed by atoms with E-state index < -0.39 is 0 Å². The first kappa shape index (κ1) is 15.2. The highest BCUT2D eigenvalue weighted by Crippen LogP contribution is 2.18. The van der Waals surface area contributed by atoms with E-state index in [0.717, 1.165) is 31.6 Å². The lowest BCUT2D eigenvalue weighted by Crippen LogP contribution is -2.30. The van der Waals surface area contributed by atoms with Crippen molar-refractivity contribution >= 4 is 0 Å². The van der Waals surface area contributed by atoms with Crippen LogP contribution in [0.25, 0.3) is 0 Å². The summed E-state index contributed by atoms with van der Waals surface area (Å²) in [7, 11) is 1.75. The molecule has 18 heavy (non-hydrogen) atoms. The molecule has 1 aromatic rings. The first-order valence-electron chi connectivity index (χ1n) is 6.89. The van der Waals surface area contributed by atoms with Crippen molar-refractivity contribution in [3.8, 4) is 0 Å². The number of ether oxygens (including phenoxy) is 1. The van der Waals surface area contributed by atoms with Crippen molar-refractivity contribution in [3.05, 3.63) is 17.0 Å². The van der Waals surface area contributed by atoms with Crippen molar-refractivity contribution in [1.82, 2.24) is 15.1 Å². The molecule has 0 aromatic carbocycles. The van der Waals surface area contributed by atoms with Crippen LogP contribution >= 0.6 is 0 Å². The van der Waals surface area contributed by atoms with Crippen LogP contribution in [0.3, 0.4) is 0 Å². The SMILES string of the molecule is CCCNCC(COC)n1nc(C)c(CC)c1C. The van der Waals surface area contributed by atoms with Crippen molar-refractivity contribution < 1.29 is 4.74 Å². The molecule has 1 aromatic heterocycles. The number of aryl methyl sites for hydroxylation is 1. The molecule has 0 aliphatic heterocycles. The molecule has 0 bridgehead atoms. The van der Waals surface area contributed by atoms with E-state index in [9.17, 15) is 0 Å². The largest absolute Gasteiger partial charge is 0.382 e. The topological polar surface area (TPSA) is 39.1 Å². The fourth-order valence-electron chi connectivity index (χ4n) is 2.42. The molecule has 1 rings (SSSR count). The molecular weight excluding hydrogens is 226 g/mol. The summed E-state index contributed by atoms with van der Waals surface area (Å²) >= 11 is 0. The van der Waals surface area contributed by atoms with Gasteiger partial charge in [0.2, 0.25) is 0 Å². The summed E-state index contributed by atoms with van der Waals surface area (Å²) < 4.78 is 7.45. The smallest absolute Gasteiger partial charge is 0.0879 e. The minimum atomic E-state index is 0.278. The molecule has 0 spiro atoms. The van der Waals surface area contributed by atoms with E-state index in [2.05, 4.69) is 42.8 Å². The number of rotatable bonds is 8. The second-order valence-corrected chi connectivity index (χ2v) is 4.76. The number of hydrogen-bond acceptors (Lipinski definition) is 3. The maximum Gasteiger partial charge on any atom is 0.0879 e. The lowest BCUT2D eigenvalue weighted by atomic mass is 10.1. The summed E-state index contributed by atoms with van der Waals surface area (Å²) in [5, 5.41) is 8.13. The van der Waals surface area contributed by atoms with E-state index in [0.29, 0.717) is 6.61 Å². The summed E-state index contributed by atoms with van der Waals surface area (Å²) in [5.74, 6) is 0. The molecule has 0 saturated carbocycles. The molecule has 0 aliphatic carbocycles. The van der Waals surface area contributed by atoms with E-state index >= 15 is 0 Å². The molecule has 1 atom stereocenters. The molecule has 0 saturated heterocycles. The van der Waals surface area contributed by atoms with Crippen LogP contribution in [0.4, 0.5) is 0 Å². The first-order valence-corrected chi connectivity index (χ1v) is 6.89. The predicted molar refractivity (Wildman–Crippen MR) is 75.2 cm³/mol. The quantitative estimate of drug-likeness (QED) is 0.722. The van der Waals surface area contributed by atoms with Crippen molar-refractivity contribution in [1.29, 1.82) is 0 Å². The zero-order chi connectivity index (χ0) is 13.5. The van der Waals surface area contributed by atoms with E-state index in [-0.39, 0.29) is 6.04 Å². The third-order valence-electron chi connectivity index (χ3n) is 3.34. The van der Waals surface area contributed by atoms with Crippen molar-refractivity contribution in [2.24, 2.45) is 0 Å². The van der Waals surface area contributed by atoms with Crippen LogP contribution in [0.2, 0.25) is 0 Å². The van der Waals surface area contributed by atoms with Gasteiger partial charge in [0.15, 0.2) is 0 Å². The molecule has 1 heterocycles. The summed E-state index contributed by atoms with van der Waals surface area (Å²) in [6, 6.07) is 0.278. The zero-order valence-corrected chi connectivity index (χ0v) is 12.4. The Morgan fingerprint density at radius 2 is 2.06 bits per heavy atom. The number of nitrogens with zero attached hydrogens (tertiary/aromatic N) is 2. The third-order valence-corrected chi connectivity index (χ3v) is 3.34. The van der Waals surface area contributed by atoms with Gasteiger partial charge in [0.1, 0.15) is 0 Å². The fourth-order valence-corrected chi connectivity index (χ4v) is 2.42. The molecule has 104 valence electrons. The molecular formula is C14H27N3O. The Labute approximate surface area is 111 Å². The summed E-state index contributed by atoms with van der Waals surface area (Å²) in [4.78, 5) is 0. The maximum absolute atomic E-state index is 5.33. The molecule has 0 aliphatic rings. The number of aromatic nitrogens is 2. The monoisotopic (exact) mass is 253 g/mol. The lowest BCUT2D eigenvalue weighted by Gasteiger charge is -2.19. The van der Waals surface area contributed by atoms with Gasteiger partial charge in [-0.2, -0.15) is 5.10 Å². The van der Waals surface area contributed by atoms with Gasteiger partial charge in [-0.25, -0.2) is 0 Å². The molecule has 0 fully saturated rings. The van der Waals surface area contributed by atoms with Gasteiger partial charge >= 0.3 is 0 Å². The van der Waals surface area contributed by atoms with Gasteiger partial charge in [-0.05, 0) is 38.8 Å². The average Bonchev–Trinajstić information content (AvgIpc) is 2.63. The third kappa shape index (κ3) is 3.56. The zero-order valence-electron chi connectivity index (χ0n) is 12.4. The highest BCUT2D eigenvalue weighted by atomic mass is 16.5. The Kier molecular flexibility index (Phi) is 6.36. The molecule has 1 unspecified atom stereocenters. The Morgan fingerprint density at radius 1 is 1.33 bits per heavy atom. The summed E-state index contributed by atoms with van der Waals surface area (Å²) in [5.41, 5.74) is 3.79. The van der Waals surface area contributed by atoms with Gasteiger partial charge < -0.3 is 10.1 Å². The van der Waals surface area contributed by atoms with Gasteiger partial charge in [0.05, 0.1) is 18.3 Å². The van der Waals surface area contributed by atoms with Gasteiger partial charge in [-0.15, -0.1) is 0 Å². The van der Waals surface area contributed by atoms with E-state index in [1.54, 1.807) is 7.11 Å². The van der Waals surface area contributed by atoms with E-state index in [1.165, 1.54) is 11.3 Å². The van der Waals surface area contributed by atoms with Crippen LogP contribution in [0, 0.1) is 13.8 Å². The van der Waals surface area contributed by atoms with Gasteiger partial charge in [0, 0.05) is 19.3 Å². The van der Waals surface area contributed by atoms with E-state index in [4.69, 9.17) is 4.74 Å². The van der Waals surface area contributed by atoms with Crippen LogP contribution in [0.5, 0.6) is 0 Å². The molecule has 4 nitrogen and oxygen atoms in total. The average molecular weight is 253 g/mol. The van der Waals surface area contributed by atoms with Crippen LogP contribution in [0.15, 0.2) is 0 Å². The number of methoxy groups -OCH3 is 1. The Morgan fingerprint density at radius 3 is 2.56 bits per heavy atom. The number of nitrogens with one attached hydrogen (secondary N) is 1. The first-order chi connectivity index (χ1) is 8.65. The van der Waals surface area contributed by atoms with Crippen molar-refractivity contribution in [2.75, 3.05) is 26.8 Å². The Bertz CT molecular complexity index is 360. The second kappa shape index (κ2) is 7.54. The van der Waals surface area contributed by atoms with Gasteiger partial charge in [-0.1, -0.05) is 13.8 Å². The highest BCUT2D eigenvalue weighted by Gasteiger charge is 2.17. The fraction of sp³-hybridized carbons (Fsp3) is 0.786. The summed E-state index contributed by atoms with van der Waals surface area (Å²) in [6.45, 7) is 11.3. The normalized spacial score (nSPS) is 12.9. The van der Waals surface area contributed by atoms with Crippen molar-refractivity contribution in [2.45, 2.75) is 46.6 Å². The minimum Gasteiger partial charge on any atom is -0.382 e. The van der Waals surface area contributed by atoms with Crippen LogP contribution in [-0.4, -0.2) is 36.6 Å². The molecule has 0 amide bonds. The number of hydrogen-bond donors (Lipinski definition) is 1. The van der Waals surface area contributed by atoms with Crippen LogP contribution in [-0.2, 0) is 11.2 Å². The van der Waals surface area contributed by atoms with Crippen LogP contribution in [0.1, 0.15) is 43.3 Å². The summed E-state index contributed by atoms with van der Waals surface area (Å²) in [6.07, 6.45) is 2.19. The molecule has 4 heteroatoms. The predicted octanol–water partition coefficient (Wildman–Crippen LogP) is 2.25. The lowest BCUT2D eigenvalue weighted by molar-refractivity contribution is 0.147. The maximum atomic E-state index is 5.33. The van der Waals surface area contributed by atoms with Gasteiger partial charge in [-0.3, -0.25) is 4.68 Å². The molecule has 0 radical (unpaired) electrons. The standard InChI is InChI=1S/C14H27N3O/c1-6-8-15-9-13(10-18-5)17-12(4)14(7-2)11(3)16-17/h13,15H,6-10H2,1-5H3. The molecule has 1 N–H and O–H groups in total. The van der Waals surface area contributed by atoms with Gasteiger partial charge in [0.25, 0.3) is 0 Å². The second-order valence-electron chi connectivity index (χ2n) is 4.76. The van der Waals surface area contributed by atoms with Crippen LogP contribution < -0.4 is 5.32 Å². The Hall–Kier alpha value is -0.870. The Balaban J connectivity index is 2.84. The minimum absolute atomic E-state index is 0.278. The van der Waals surface area contributed by atoms with E-state index in [1.807, 2.05) is 0 Å². The highest BCUT2D eigenvalue weighted by molar-refractivity contribution is 5.24.